The Hall–Kier alpha value is -1.87. The molecule has 0 bridgehead atoms. The number of Topliss-reactive ketones (excluding diaryl/α,β-unsaturated/α-hetero) is 1. The van der Waals surface area contributed by atoms with Crippen LogP contribution in [0.1, 0.15) is 142 Å². The van der Waals surface area contributed by atoms with E-state index in [0.29, 0.717) is 61.2 Å². The molecular formula is C54H76N2O10. The van der Waals surface area contributed by atoms with E-state index in [1.165, 1.54) is 0 Å². The van der Waals surface area contributed by atoms with Gasteiger partial charge >= 0.3 is 0 Å². The average Bonchev–Trinajstić information content (AvgIpc) is 3.98. The molecule has 4 saturated heterocycles. The van der Waals surface area contributed by atoms with Gasteiger partial charge in [0.25, 0.3) is 0 Å². The zero-order valence-electron chi connectivity index (χ0n) is 40.6. The molecule has 66 heavy (non-hydrogen) atoms. The van der Waals surface area contributed by atoms with Gasteiger partial charge in [0.15, 0.2) is 5.79 Å². The van der Waals surface area contributed by atoms with Gasteiger partial charge in [0.1, 0.15) is 29.7 Å². The Bertz CT molecular complexity index is 2320. The first-order valence-electron chi connectivity index (χ1n) is 26.3. The van der Waals surface area contributed by atoms with Gasteiger partial charge in [-0.15, -0.1) is 0 Å². The lowest BCUT2D eigenvalue weighted by Gasteiger charge is -2.62. The number of fused-ring (bicyclic) bond motifs is 13. The molecule has 0 radical (unpaired) electrons. The number of ether oxygens (including phenoxy) is 4. The maximum atomic E-state index is 15.0. The summed E-state index contributed by atoms with van der Waals surface area (Å²) in [4.78, 5) is 26.2. The van der Waals surface area contributed by atoms with Crippen LogP contribution in [0.25, 0.3) is 0 Å². The van der Waals surface area contributed by atoms with Crippen LogP contribution in [-0.4, -0.2) is 107 Å². The molecular weight excluding hydrogens is 837 g/mol. The first kappa shape index (κ1) is 44.1. The van der Waals surface area contributed by atoms with Crippen molar-refractivity contribution in [2.24, 2.45) is 80.8 Å². The molecule has 12 aliphatic rings. The van der Waals surface area contributed by atoms with Gasteiger partial charge in [0.05, 0.1) is 58.7 Å². The summed E-state index contributed by atoms with van der Waals surface area (Å²) < 4.78 is 26.3. The average molecular weight is 913 g/mol. The van der Waals surface area contributed by atoms with Crippen molar-refractivity contribution in [2.45, 2.75) is 198 Å². The van der Waals surface area contributed by atoms with Crippen LogP contribution in [0.5, 0.6) is 0 Å². The van der Waals surface area contributed by atoms with Crippen molar-refractivity contribution in [2.75, 3.05) is 13.2 Å². The molecule has 5 N–H and O–H groups in total. The largest absolute Gasteiger partial charge is 0.393 e. The van der Waals surface area contributed by atoms with E-state index >= 15 is 0 Å². The highest BCUT2D eigenvalue weighted by atomic mass is 16.7. The lowest BCUT2D eigenvalue weighted by Crippen LogP contribution is -2.66. The molecule has 12 heteroatoms. The topological polar surface area (TPSA) is 181 Å². The molecule has 3 spiro atoms. The number of carbonyl (C=O) groups is 1. The molecule has 22 atom stereocenters. The van der Waals surface area contributed by atoms with Crippen molar-refractivity contribution in [3.8, 4) is 0 Å². The van der Waals surface area contributed by atoms with E-state index in [0.717, 1.165) is 92.6 Å². The van der Waals surface area contributed by atoms with Crippen LogP contribution >= 0.6 is 0 Å². The number of rotatable bonds is 1. The number of aliphatic hydroxyl groups is 5. The zero-order chi connectivity index (χ0) is 46.3. The van der Waals surface area contributed by atoms with E-state index < -0.39 is 69.5 Å². The normalized spacial score (nSPS) is 58.0. The Balaban J connectivity index is 0.760. The Morgan fingerprint density at radius 2 is 1.35 bits per heavy atom. The van der Waals surface area contributed by atoms with Crippen LogP contribution in [0.15, 0.2) is 11.6 Å². The lowest BCUT2D eigenvalue weighted by molar-refractivity contribution is -0.342. The quantitative estimate of drug-likeness (QED) is 0.221. The highest BCUT2D eigenvalue weighted by Gasteiger charge is 2.79. The smallest absolute Gasteiger partial charge is 0.201 e. The van der Waals surface area contributed by atoms with E-state index in [1.54, 1.807) is 6.92 Å². The number of hydrogen-bond acceptors (Lipinski definition) is 12. The second kappa shape index (κ2) is 13.3. The van der Waals surface area contributed by atoms with Crippen LogP contribution in [0, 0.1) is 80.8 Å². The number of ketones is 1. The molecule has 5 saturated carbocycles. The summed E-state index contributed by atoms with van der Waals surface area (Å²) in [5.41, 5.74) is 1.10. The lowest BCUT2D eigenvalue weighted by atomic mass is 9.43. The van der Waals surface area contributed by atoms with Crippen LogP contribution in [0.3, 0.4) is 0 Å². The summed E-state index contributed by atoms with van der Waals surface area (Å²) in [6.45, 7) is 16.9. The van der Waals surface area contributed by atoms with Crippen LogP contribution in [0.2, 0.25) is 0 Å². The summed E-state index contributed by atoms with van der Waals surface area (Å²) in [5, 5.41) is 58.3. The fourth-order valence-corrected chi connectivity index (χ4v) is 20.0. The van der Waals surface area contributed by atoms with E-state index in [1.807, 2.05) is 27.7 Å². The second-order valence-electron chi connectivity index (χ2n) is 26.5. The predicted octanol–water partition coefficient (Wildman–Crippen LogP) is 5.58. The third kappa shape index (κ3) is 5.02. The predicted molar refractivity (Wildman–Crippen MR) is 240 cm³/mol. The molecule has 11 unspecified atom stereocenters. The summed E-state index contributed by atoms with van der Waals surface area (Å²) in [5.74, 6) is -0.391. The molecule has 5 heterocycles. The van der Waals surface area contributed by atoms with Crippen molar-refractivity contribution < 1.29 is 49.3 Å². The van der Waals surface area contributed by atoms with E-state index in [-0.39, 0.29) is 47.5 Å². The van der Waals surface area contributed by atoms with Crippen molar-refractivity contribution >= 4 is 5.78 Å². The van der Waals surface area contributed by atoms with Gasteiger partial charge in [-0.3, -0.25) is 14.8 Å². The molecule has 8 aliphatic carbocycles. The van der Waals surface area contributed by atoms with E-state index in [2.05, 4.69) is 26.8 Å². The van der Waals surface area contributed by atoms with Gasteiger partial charge in [-0.25, -0.2) is 0 Å². The van der Waals surface area contributed by atoms with Crippen LogP contribution in [0.4, 0.5) is 0 Å². The standard InChI is InChI=1S/C54H76N2O10/c1-26-32-13-14-33-30-11-9-28-15-37-40(21-49(28,7)35(30)18-42(59)51(32,33)25-63-53(26)43(60)22-46(3,4)65-53)56-38-16-29-10-12-31-34(48(29,6)20-39(38)55-37)17-41(58)50(8)36(31)19-45-52(50,62)27(2)54(64-45)44(61)23-47(5,24-57)66-54/h19,26-35,41,43-45,57-58,60-62H,9-18,20-25H2,1-8H3/t26-,27-,28?,29?,30?,31?,32?,33?,34?,35?,41+,43+,44+,45?,47-,48-,49-,50+,51+,52?,53+,54?/m0/s1. The zero-order valence-corrected chi connectivity index (χ0v) is 40.6. The molecule has 1 aromatic rings. The number of hydrogen-bond donors (Lipinski definition) is 5. The molecule has 12 nitrogen and oxygen atoms in total. The maximum Gasteiger partial charge on any atom is 0.201 e. The number of nitrogens with zero attached hydrogens (tertiary/aromatic N) is 2. The fraction of sp³-hybridized carbons (Fsp3) is 0.870. The van der Waals surface area contributed by atoms with Crippen molar-refractivity contribution in [3.05, 3.63) is 34.4 Å². The summed E-state index contributed by atoms with van der Waals surface area (Å²) in [6.07, 6.45) is 10.5. The van der Waals surface area contributed by atoms with Gasteiger partial charge in [-0.1, -0.05) is 46.3 Å². The third-order valence-corrected chi connectivity index (χ3v) is 23.5. The van der Waals surface area contributed by atoms with Crippen LogP contribution in [-0.2, 0) is 49.4 Å². The Morgan fingerprint density at radius 3 is 1.98 bits per heavy atom. The van der Waals surface area contributed by atoms with E-state index in [9.17, 15) is 30.3 Å². The van der Waals surface area contributed by atoms with Crippen molar-refractivity contribution in [1.82, 2.24) is 9.97 Å². The Morgan fingerprint density at radius 1 is 0.712 bits per heavy atom. The summed E-state index contributed by atoms with van der Waals surface area (Å²) in [7, 11) is 0. The molecule has 13 rings (SSSR count). The van der Waals surface area contributed by atoms with Gasteiger partial charge in [-0.2, -0.15) is 0 Å². The first-order chi connectivity index (χ1) is 31.0. The maximum absolute atomic E-state index is 15.0. The fourth-order valence-electron chi connectivity index (χ4n) is 20.0. The van der Waals surface area contributed by atoms with Gasteiger partial charge in [0, 0.05) is 36.5 Å². The van der Waals surface area contributed by atoms with Crippen LogP contribution < -0.4 is 0 Å². The molecule has 362 valence electrons. The minimum atomic E-state index is -1.49. The Labute approximate surface area is 390 Å². The molecule has 4 aliphatic heterocycles. The minimum Gasteiger partial charge on any atom is -0.393 e. The number of carbonyl (C=O) groups excluding carboxylic acids is 1. The monoisotopic (exact) mass is 913 g/mol. The van der Waals surface area contributed by atoms with Gasteiger partial charge in [-0.05, 0) is 150 Å². The molecule has 1 aromatic heterocycles. The Kier molecular flexibility index (Phi) is 8.92. The molecule has 0 aromatic carbocycles. The first-order valence-corrected chi connectivity index (χ1v) is 26.3. The molecule has 0 amide bonds. The number of aromatic nitrogens is 2. The minimum absolute atomic E-state index is 0.0316. The van der Waals surface area contributed by atoms with Crippen molar-refractivity contribution in [1.29, 1.82) is 0 Å². The SMILES string of the molecule is C[C@@H]1C2(OC3C=C4C5CCC6Cc7nc8c(nc7C[C@]6(C)C5C[C@@H](O)[C@]4(C)C31O)CC1CCC3C(CC(=O)[C@]45CO[C@@]6(OC(C)(C)C[C@H]6O)[C@@H](C)C4CCC35)[C@@]1(C)C8)O[C@](C)(CO)C[C@H]2O. The van der Waals surface area contributed by atoms with Gasteiger partial charge in [0.2, 0.25) is 5.79 Å². The summed E-state index contributed by atoms with van der Waals surface area (Å²) >= 11 is 0. The summed E-state index contributed by atoms with van der Waals surface area (Å²) in [6, 6.07) is 0. The molecule has 9 fully saturated rings. The second-order valence-corrected chi connectivity index (χ2v) is 26.5. The number of aliphatic hydroxyl groups excluding tert-OH is 4. The third-order valence-electron chi connectivity index (χ3n) is 23.5. The van der Waals surface area contributed by atoms with Gasteiger partial charge < -0.3 is 44.5 Å². The van der Waals surface area contributed by atoms with Crippen molar-refractivity contribution in [3.63, 3.8) is 0 Å². The highest BCUT2D eigenvalue weighted by molar-refractivity contribution is 5.88. The highest BCUT2D eigenvalue weighted by Crippen LogP contribution is 2.73. The van der Waals surface area contributed by atoms with E-state index in [4.69, 9.17) is 28.9 Å².